The third kappa shape index (κ3) is 3.43. The summed E-state index contributed by atoms with van der Waals surface area (Å²) in [4.78, 5) is 2.45. The van der Waals surface area contributed by atoms with Gasteiger partial charge in [-0.1, -0.05) is 26.2 Å². The third-order valence-electron chi connectivity index (χ3n) is 3.88. The molecule has 0 atom stereocenters. The molecule has 2 aliphatic heterocycles. The van der Waals surface area contributed by atoms with Crippen LogP contribution in [0.5, 0.6) is 0 Å². The lowest BCUT2D eigenvalue weighted by Gasteiger charge is -2.46. The number of hydrogen-bond donors (Lipinski definition) is 0. The summed E-state index contributed by atoms with van der Waals surface area (Å²) in [5, 5.41) is 0. The third-order valence-corrected chi connectivity index (χ3v) is 3.88. The standard InChI is InChI=1S/C14H27NO2/c1-2-3-5-9-14(16-12-8-13-17-14)15-10-6-4-7-11-15/h2-13H2,1H3. The minimum Gasteiger partial charge on any atom is -0.337 e. The van der Waals surface area contributed by atoms with Crippen molar-refractivity contribution in [2.75, 3.05) is 26.3 Å². The summed E-state index contributed by atoms with van der Waals surface area (Å²) in [7, 11) is 0. The Bertz CT molecular complexity index is 208. The molecule has 0 aromatic carbocycles. The van der Waals surface area contributed by atoms with Gasteiger partial charge in [0, 0.05) is 19.5 Å². The second-order valence-electron chi connectivity index (χ2n) is 5.27. The maximum atomic E-state index is 6.06. The van der Waals surface area contributed by atoms with Crippen LogP contribution in [0.15, 0.2) is 0 Å². The van der Waals surface area contributed by atoms with E-state index in [-0.39, 0.29) is 5.91 Å². The second kappa shape index (κ2) is 6.72. The summed E-state index contributed by atoms with van der Waals surface area (Å²) >= 11 is 0. The number of rotatable bonds is 5. The van der Waals surface area contributed by atoms with E-state index in [9.17, 15) is 0 Å². The summed E-state index contributed by atoms with van der Waals surface area (Å²) in [6, 6.07) is 0. The minimum atomic E-state index is -0.367. The topological polar surface area (TPSA) is 21.7 Å². The van der Waals surface area contributed by atoms with E-state index in [0.29, 0.717) is 0 Å². The molecule has 0 spiro atoms. The quantitative estimate of drug-likeness (QED) is 0.690. The Labute approximate surface area is 105 Å². The van der Waals surface area contributed by atoms with Crippen LogP contribution in [0.4, 0.5) is 0 Å². The minimum absolute atomic E-state index is 0.367. The largest absolute Gasteiger partial charge is 0.337 e. The van der Waals surface area contributed by atoms with Gasteiger partial charge in [-0.2, -0.15) is 0 Å². The number of piperidine rings is 1. The molecular formula is C14H27NO2. The Morgan fingerprint density at radius 3 is 2.29 bits per heavy atom. The predicted molar refractivity (Wildman–Crippen MR) is 68.8 cm³/mol. The van der Waals surface area contributed by atoms with E-state index in [2.05, 4.69) is 11.8 Å². The zero-order valence-electron chi connectivity index (χ0n) is 11.2. The van der Waals surface area contributed by atoms with Gasteiger partial charge in [-0.25, -0.2) is 0 Å². The lowest BCUT2D eigenvalue weighted by molar-refractivity contribution is -0.346. The second-order valence-corrected chi connectivity index (χ2v) is 5.27. The zero-order valence-corrected chi connectivity index (χ0v) is 11.2. The van der Waals surface area contributed by atoms with Gasteiger partial charge in [0.25, 0.3) is 0 Å². The van der Waals surface area contributed by atoms with Crippen molar-refractivity contribution in [2.24, 2.45) is 0 Å². The molecule has 2 heterocycles. The highest BCUT2D eigenvalue weighted by molar-refractivity contribution is 4.78. The Balaban J connectivity index is 1.94. The van der Waals surface area contributed by atoms with E-state index in [1.807, 2.05) is 0 Å². The normalized spacial score (nSPS) is 25.9. The van der Waals surface area contributed by atoms with Crippen molar-refractivity contribution in [3.63, 3.8) is 0 Å². The van der Waals surface area contributed by atoms with E-state index < -0.39 is 0 Å². The van der Waals surface area contributed by atoms with Gasteiger partial charge in [0.05, 0.1) is 13.2 Å². The molecule has 17 heavy (non-hydrogen) atoms. The molecule has 0 amide bonds. The van der Waals surface area contributed by atoms with Crippen LogP contribution in [-0.2, 0) is 9.47 Å². The fraction of sp³-hybridized carbons (Fsp3) is 1.00. The van der Waals surface area contributed by atoms with Crippen molar-refractivity contribution in [3.05, 3.63) is 0 Å². The van der Waals surface area contributed by atoms with Crippen molar-refractivity contribution >= 4 is 0 Å². The molecule has 2 aliphatic rings. The van der Waals surface area contributed by atoms with E-state index >= 15 is 0 Å². The van der Waals surface area contributed by atoms with Gasteiger partial charge in [0.2, 0.25) is 5.91 Å². The molecule has 0 N–H and O–H groups in total. The zero-order chi connectivity index (χ0) is 12.0. The van der Waals surface area contributed by atoms with Crippen molar-refractivity contribution in [1.82, 2.24) is 4.90 Å². The van der Waals surface area contributed by atoms with Crippen LogP contribution >= 0.6 is 0 Å². The van der Waals surface area contributed by atoms with E-state index in [4.69, 9.17) is 9.47 Å². The van der Waals surface area contributed by atoms with Crippen LogP contribution in [0.25, 0.3) is 0 Å². The van der Waals surface area contributed by atoms with Gasteiger partial charge < -0.3 is 9.47 Å². The average Bonchev–Trinajstić information content (AvgIpc) is 2.41. The number of hydrogen-bond acceptors (Lipinski definition) is 3. The van der Waals surface area contributed by atoms with Crippen LogP contribution in [0, 0.1) is 0 Å². The highest BCUT2D eigenvalue weighted by Crippen LogP contribution is 2.31. The summed E-state index contributed by atoms with van der Waals surface area (Å²) in [5.74, 6) is -0.367. The lowest BCUT2D eigenvalue weighted by Crippen LogP contribution is -2.56. The Hall–Kier alpha value is -0.120. The van der Waals surface area contributed by atoms with E-state index in [0.717, 1.165) is 39.1 Å². The van der Waals surface area contributed by atoms with Gasteiger partial charge in [0.15, 0.2) is 0 Å². The van der Waals surface area contributed by atoms with Crippen LogP contribution in [0.3, 0.4) is 0 Å². The Morgan fingerprint density at radius 1 is 0.941 bits per heavy atom. The molecule has 0 radical (unpaired) electrons. The molecule has 0 unspecified atom stereocenters. The molecule has 2 fully saturated rings. The van der Waals surface area contributed by atoms with E-state index in [1.54, 1.807) is 0 Å². The Morgan fingerprint density at radius 2 is 1.65 bits per heavy atom. The fourth-order valence-electron chi connectivity index (χ4n) is 2.88. The summed E-state index contributed by atoms with van der Waals surface area (Å²) in [6.07, 6.45) is 9.79. The summed E-state index contributed by atoms with van der Waals surface area (Å²) < 4.78 is 12.1. The summed E-state index contributed by atoms with van der Waals surface area (Å²) in [5.41, 5.74) is 0. The first-order chi connectivity index (χ1) is 8.37. The molecule has 0 aromatic rings. The fourth-order valence-corrected chi connectivity index (χ4v) is 2.88. The maximum absolute atomic E-state index is 6.06. The smallest absolute Gasteiger partial charge is 0.229 e. The predicted octanol–water partition coefficient (Wildman–Crippen LogP) is 3.14. The van der Waals surface area contributed by atoms with Crippen LogP contribution < -0.4 is 0 Å². The molecule has 2 rings (SSSR count). The van der Waals surface area contributed by atoms with E-state index in [1.165, 1.54) is 38.5 Å². The number of nitrogens with zero attached hydrogens (tertiary/aromatic N) is 1. The lowest BCUT2D eigenvalue weighted by atomic mass is 10.1. The van der Waals surface area contributed by atoms with Gasteiger partial charge in [0.1, 0.15) is 0 Å². The van der Waals surface area contributed by atoms with Crippen molar-refractivity contribution in [1.29, 1.82) is 0 Å². The molecule has 3 nitrogen and oxygen atoms in total. The van der Waals surface area contributed by atoms with Crippen molar-refractivity contribution in [3.8, 4) is 0 Å². The molecule has 0 aliphatic carbocycles. The number of ether oxygens (including phenoxy) is 2. The molecule has 3 heteroatoms. The first-order valence-electron chi connectivity index (χ1n) is 7.40. The van der Waals surface area contributed by atoms with Crippen molar-refractivity contribution < 1.29 is 9.47 Å². The van der Waals surface area contributed by atoms with Gasteiger partial charge in [-0.05, 0) is 25.7 Å². The molecule has 0 saturated carbocycles. The molecule has 0 bridgehead atoms. The SMILES string of the molecule is CCCCCC1(N2CCCCC2)OCCCO1. The highest BCUT2D eigenvalue weighted by Gasteiger charge is 2.40. The first kappa shape index (κ1) is 13.3. The van der Waals surface area contributed by atoms with Gasteiger partial charge in [-0.3, -0.25) is 4.90 Å². The number of likely N-dealkylation sites (tertiary alicyclic amines) is 1. The highest BCUT2D eigenvalue weighted by atomic mass is 16.7. The monoisotopic (exact) mass is 241 g/mol. The first-order valence-corrected chi connectivity index (χ1v) is 7.40. The van der Waals surface area contributed by atoms with Crippen molar-refractivity contribution in [2.45, 2.75) is 64.2 Å². The summed E-state index contributed by atoms with van der Waals surface area (Å²) in [6.45, 7) is 6.26. The van der Waals surface area contributed by atoms with Crippen LogP contribution in [0.1, 0.15) is 58.3 Å². The van der Waals surface area contributed by atoms with Gasteiger partial charge >= 0.3 is 0 Å². The average molecular weight is 241 g/mol. The van der Waals surface area contributed by atoms with Crippen LogP contribution in [0.2, 0.25) is 0 Å². The van der Waals surface area contributed by atoms with Crippen LogP contribution in [-0.4, -0.2) is 37.1 Å². The molecule has 0 aromatic heterocycles. The molecule has 100 valence electrons. The Kier molecular flexibility index (Phi) is 5.26. The molecule has 2 saturated heterocycles. The maximum Gasteiger partial charge on any atom is 0.229 e. The number of unbranched alkanes of at least 4 members (excludes halogenated alkanes) is 2. The van der Waals surface area contributed by atoms with Gasteiger partial charge in [-0.15, -0.1) is 0 Å². The molecular weight excluding hydrogens is 214 g/mol.